The largest absolute Gasteiger partial charge is 0.449 e. The molecule has 0 unspecified atom stereocenters. The lowest BCUT2D eigenvalue weighted by molar-refractivity contribution is 0.0993. The van der Waals surface area contributed by atoms with Crippen LogP contribution in [0.3, 0.4) is 0 Å². The number of amides is 1. The molecule has 1 amide bonds. The van der Waals surface area contributed by atoms with Crippen molar-refractivity contribution >= 4 is 6.09 Å². The Bertz CT molecular complexity index is 170. The molecule has 0 N–H and O–H groups in total. The molecule has 3 heteroatoms. The van der Waals surface area contributed by atoms with E-state index in [9.17, 15) is 4.79 Å². The molecule has 1 aliphatic heterocycles. The van der Waals surface area contributed by atoms with Gasteiger partial charge in [-0.25, -0.2) is 4.79 Å². The second kappa shape index (κ2) is 5.10. The number of hydrogen-bond donors (Lipinski definition) is 0. The van der Waals surface area contributed by atoms with Crippen molar-refractivity contribution in [3.63, 3.8) is 0 Å². The third-order valence-electron chi connectivity index (χ3n) is 2.51. The zero-order valence-corrected chi connectivity index (χ0v) is 8.58. The Morgan fingerprint density at radius 3 is 2.92 bits per heavy atom. The first-order chi connectivity index (χ1) is 6.25. The second-order valence-corrected chi connectivity index (χ2v) is 3.65. The molecule has 1 atom stereocenters. The summed E-state index contributed by atoms with van der Waals surface area (Å²) in [7, 11) is 0. The van der Waals surface area contributed by atoms with E-state index in [-0.39, 0.29) is 6.09 Å². The van der Waals surface area contributed by atoms with Gasteiger partial charge < -0.3 is 9.64 Å². The molecule has 0 aliphatic carbocycles. The molecule has 3 nitrogen and oxygen atoms in total. The number of ether oxygens (including phenoxy) is 1. The van der Waals surface area contributed by atoms with Gasteiger partial charge in [0.25, 0.3) is 0 Å². The number of nitrogens with zero attached hydrogens (tertiary/aromatic N) is 1. The Balaban J connectivity index is 2.22. The molecule has 1 rings (SSSR count). The molecule has 0 saturated carbocycles. The number of hydrogen-bond acceptors (Lipinski definition) is 2. The van der Waals surface area contributed by atoms with E-state index >= 15 is 0 Å². The Kier molecular flexibility index (Phi) is 4.06. The topological polar surface area (TPSA) is 29.5 Å². The van der Waals surface area contributed by atoms with Gasteiger partial charge in [-0.1, -0.05) is 13.3 Å². The van der Waals surface area contributed by atoms with Crippen molar-refractivity contribution in [3.8, 4) is 0 Å². The fraction of sp³-hybridized carbons (Fsp3) is 0.900. The summed E-state index contributed by atoms with van der Waals surface area (Å²) in [5.41, 5.74) is 0. The molecule has 1 fully saturated rings. The van der Waals surface area contributed by atoms with Crippen LogP contribution in [-0.2, 0) is 4.74 Å². The summed E-state index contributed by atoms with van der Waals surface area (Å²) in [5, 5.41) is 0. The molecule has 76 valence electrons. The van der Waals surface area contributed by atoms with Crippen molar-refractivity contribution in [2.45, 2.75) is 45.6 Å². The molecule has 1 saturated heterocycles. The van der Waals surface area contributed by atoms with E-state index in [2.05, 4.69) is 13.8 Å². The van der Waals surface area contributed by atoms with Crippen LogP contribution in [0.4, 0.5) is 4.79 Å². The summed E-state index contributed by atoms with van der Waals surface area (Å²) in [5.74, 6) is 0. The van der Waals surface area contributed by atoms with Gasteiger partial charge in [0, 0.05) is 12.6 Å². The van der Waals surface area contributed by atoms with Crippen LogP contribution >= 0.6 is 0 Å². The van der Waals surface area contributed by atoms with Crippen LogP contribution in [0.15, 0.2) is 0 Å². The van der Waals surface area contributed by atoms with Gasteiger partial charge in [0.2, 0.25) is 0 Å². The summed E-state index contributed by atoms with van der Waals surface area (Å²) < 4.78 is 5.12. The van der Waals surface area contributed by atoms with Crippen molar-refractivity contribution in [1.82, 2.24) is 4.90 Å². The first-order valence-corrected chi connectivity index (χ1v) is 5.19. The highest BCUT2D eigenvalue weighted by Gasteiger charge is 2.25. The molecule has 1 heterocycles. The Labute approximate surface area is 80.1 Å². The smallest absolute Gasteiger partial charge is 0.409 e. The summed E-state index contributed by atoms with van der Waals surface area (Å²) in [6, 6.07) is 0.370. The van der Waals surface area contributed by atoms with E-state index in [1.54, 1.807) is 0 Å². The van der Waals surface area contributed by atoms with E-state index in [1.807, 2.05) is 4.90 Å². The molecule has 0 radical (unpaired) electrons. The van der Waals surface area contributed by atoms with Gasteiger partial charge >= 0.3 is 6.09 Å². The summed E-state index contributed by atoms with van der Waals surface area (Å²) >= 11 is 0. The second-order valence-electron chi connectivity index (χ2n) is 3.65. The predicted molar refractivity (Wildman–Crippen MR) is 51.7 cm³/mol. The summed E-state index contributed by atoms with van der Waals surface area (Å²) in [6.07, 6.45) is 4.14. The minimum atomic E-state index is -0.126. The lowest BCUT2D eigenvalue weighted by Gasteiger charge is -2.20. The lowest BCUT2D eigenvalue weighted by atomic mass is 10.2. The molecule has 1 aliphatic rings. The highest BCUT2D eigenvalue weighted by atomic mass is 16.6. The van der Waals surface area contributed by atoms with E-state index in [4.69, 9.17) is 4.74 Å². The highest BCUT2D eigenvalue weighted by Crippen LogP contribution is 2.17. The molecule has 0 bridgehead atoms. The van der Waals surface area contributed by atoms with E-state index in [1.165, 1.54) is 0 Å². The predicted octanol–water partition coefficient (Wildman–Crippen LogP) is 2.41. The van der Waals surface area contributed by atoms with Crippen LogP contribution in [0.1, 0.15) is 39.5 Å². The van der Waals surface area contributed by atoms with Crippen LogP contribution in [0.5, 0.6) is 0 Å². The molecule has 13 heavy (non-hydrogen) atoms. The monoisotopic (exact) mass is 185 g/mol. The highest BCUT2D eigenvalue weighted by molar-refractivity contribution is 5.68. The van der Waals surface area contributed by atoms with Gasteiger partial charge in [0.15, 0.2) is 0 Å². The molecule has 0 aromatic carbocycles. The first kappa shape index (κ1) is 10.4. The molecule has 0 aromatic rings. The third kappa shape index (κ3) is 2.90. The van der Waals surface area contributed by atoms with Gasteiger partial charge in [-0.2, -0.15) is 0 Å². The minimum Gasteiger partial charge on any atom is -0.449 e. The average Bonchev–Trinajstić information content (AvgIpc) is 2.52. The van der Waals surface area contributed by atoms with Gasteiger partial charge in [-0.15, -0.1) is 0 Å². The molecular weight excluding hydrogens is 166 g/mol. The van der Waals surface area contributed by atoms with Crippen LogP contribution in [0, 0.1) is 0 Å². The number of unbranched alkanes of at least 4 members (excludes halogenated alkanes) is 1. The average molecular weight is 185 g/mol. The van der Waals surface area contributed by atoms with Crippen molar-refractivity contribution in [2.75, 3.05) is 13.2 Å². The van der Waals surface area contributed by atoms with Crippen molar-refractivity contribution in [1.29, 1.82) is 0 Å². The van der Waals surface area contributed by atoms with Crippen molar-refractivity contribution in [2.24, 2.45) is 0 Å². The standard InChI is InChI=1S/C10H19NO2/c1-3-4-8-13-10(12)11-7-5-6-9(11)2/h9H,3-8H2,1-2H3/t9-/m1/s1. The fourth-order valence-corrected chi connectivity index (χ4v) is 1.59. The van der Waals surface area contributed by atoms with Crippen LogP contribution in [-0.4, -0.2) is 30.2 Å². The zero-order chi connectivity index (χ0) is 9.68. The van der Waals surface area contributed by atoms with E-state index in [0.29, 0.717) is 12.6 Å². The number of likely N-dealkylation sites (tertiary alicyclic amines) is 1. The summed E-state index contributed by atoms with van der Waals surface area (Å²) in [4.78, 5) is 13.3. The zero-order valence-electron chi connectivity index (χ0n) is 8.58. The van der Waals surface area contributed by atoms with Gasteiger partial charge in [-0.05, 0) is 26.2 Å². The Morgan fingerprint density at radius 2 is 2.38 bits per heavy atom. The van der Waals surface area contributed by atoms with E-state index in [0.717, 1.165) is 32.2 Å². The third-order valence-corrected chi connectivity index (χ3v) is 2.51. The Hall–Kier alpha value is -0.730. The van der Waals surface area contributed by atoms with Gasteiger partial charge in [-0.3, -0.25) is 0 Å². The van der Waals surface area contributed by atoms with Crippen molar-refractivity contribution in [3.05, 3.63) is 0 Å². The first-order valence-electron chi connectivity index (χ1n) is 5.19. The van der Waals surface area contributed by atoms with Crippen LogP contribution < -0.4 is 0 Å². The SMILES string of the molecule is CCCCOC(=O)N1CCC[C@H]1C. The summed E-state index contributed by atoms with van der Waals surface area (Å²) in [6.45, 7) is 5.60. The molecule has 0 spiro atoms. The number of rotatable bonds is 3. The van der Waals surface area contributed by atoms with E-state index < -0.39 is 0 Å². The molecular formula is C10H19NO2. The maximum absolute atomic E-state index is 11.4. The number of carbonyl (C=O) groups is 1. The van der Waals surface area contributed by atoms with Gasteiger partial charge in [0.1, 0.15) is 0 Å². The van der Waals surface area contributed by atoms with Crippen LogP contribution in [0.2, 0.25) is 0 Å². The fourth-order valence-electron chi connectivity index (χ4n) is 1.59. The quantitative estimate of drug-likeness (QED) is 0.632. The maximum atomic E-state index is 11.4. The Morgan fingerprint density at radius 1 is 1.62 bits per heavy atom. The lowest BCUT2D eigenvalue weighted by Crippen LogP contribution is -2.34. The van der Waals surface area contributed by atoms with Gasteiger partial charge in [0.05, 0.1) is 6.61 Å². The maximum Gasteiger partial charge on any atom is 0.409 e. The number of carbonyl (C=O) groups excluding carboxylic acids is 1. The van der Waals surface area contributed by atoms with Crippen molar-refractivity contribution < 1.29 is 9.53 Å². The normalized spacial score (nSPS) is 22.0. The minimum absolute atomic E-state index is 0.126. The molecule has 0 aromatic heterocycles. The van der Waals surface area contributed by atoms with Crippen LogP contribution in [0.25, 0.3) is 0 Å².